The molecule has 0 heterocycles. The molecule has 21 heavy (non-hydrogen) atoms. The van der Waals surface area contributed by atoms with Crippen molar-refractivity contribution in [2.45, 2.75) is 52.4 Å². The largest absolute Gasteiger partial charge is 0.465 e. The van der Waals surface area contributed by atoms with Crippen LogP contribution in [0, 0.1) is 12.8 Å². The number of carbonyl (C=O) groups is 1. The van der Waals surface area contributed by atoms with Gasteiger partial charge in [-0.25, -0.2) is 0 Å². The molecule has 1 unspecified atom stereocenters. The van der Waals surface area contributed by atoms with E-state index in [1.165, 1.54) is 0 Å². The summed E-state index contributed by atoms with van der Waals surface area (Å²) in [6.45, 7) is 8.87. The van der Waals surface area contributed by atoms with Crippen LogP contribution in [0.5, 0.6) is 0 Å². The van der Waals surface area contributed by atoms with Gasteiger partial charge in [0.1, 0.15) is 5.41 Å². The second-order valence-corrected chi connectivity index (χ2v) is 5.76. The van der Waals surface area contributed by atoms with Crippen LogP contribution in [0.3, 0.4) is 0 Å². The molecule has 3 heteroatoms. The molecule has 0 aliphatic rings. The van der Waals surface area contributed by atoms with E-state index in [-0.39, 0.29) is 12.5 Å². The Morgan fingerprint density at radius 1 is 1.29 bits per heavy atom. The summed E-state index contributed by atoms with van der Waals surface area (Å²) in [4.78, 5) is 12.7. The third kappa shape index (κ3) is 4.07. The van der Waals surface area contributed by atoms with Gasteiger partial charge >= 0.3 is 5.97 Å². The quantitative estimate of drug-likeness (QED) is 0.745. The summed E-state index contributed by atoms with van der Waals surface area (Å²) in [6.07, 6.45) is 2.84. The van der Waals surface area contributed by atoms with Gasteiger partial charge in [0.25, 0.3) is 0 Å². The SMILES string of the molecule is CCOC(=O)C(CN)(CC(CC)CC)c1cccc(C)c1. The number of aryl methyl sites for hydroxylation is 1. The third-order valence-corrected chi connectivity index (χ3v) is 4.38. The van der Waals surface area contributed by atoms with Gasteiger partial charge in [-0.15, -0.1) is 0 Å². The summed E-state index contributed by atoms with van der Waals surface area (Å²) in [5.41, 5.74) is 7.47. The summed E-state index contributed by atoms with van der Waals surface area (Å²) in [5, 5.41) is 0. The lowest BCUT2D eigenvalue weighted by Crippen LogP contribution is -2.45. The highest BCUT2D eigenvalue weighted by Crippen LogP contribution is 2.35. The van der Waals surface area contributed by atoms with E-state index in [1.807, 2.05) is 32.0 Å². The minimum atomic E-state index is -0.723. The lowest BCUT2D eigenvalue weighted by molar-refractivity contribution is -0.150. The third-order valence-electron chi connectivity index (χ3n) is 4.38. The molecule has 2 N–H and O–H groups in total. The molecule has 1 atom stereocenters. The van der Waals surface area contributed by atoms with Gasteiger partial charge < -0.3 is 10.5 Å². The monoisotopic (exact) mass is 291 g/mol. The lowest BCUT2D eigenvalue weighted by atomic mass is 9.72. The molecule has 1 aromatic rings. The van der Waals surface area contributed by atoms with Crippen molar-refractivity contribution in [2.24, 2.45) is 11.7 Å². The molecule has 1 rings (SSSR count). The van der Waals surface area contributed by atoms with Crippen molar-refractivity contribution in [1.82, 2.24) is 0 Å². The summed E-state index contributed by atoms with van der Waals surface area (Å²) in [5.74, 6) is 0.281. The van der Waals surface area contributed by atoms with Gasteiger partial charge in [-0.1, -0.05) is 56.5 Å². The number of benzene rings is 1. The van der Waals surface area contributed by atoms with Gasteiger partial charge in [-0.05, 0) is 31.7 Å². The van der Waals surface area contributed by atoms with E-state index in [4.69, 9.17) is 10.5 Å². The van der Waals surface area contributed by atoms with Crippen LogP contribution in [0.1, 0.15) is 51.2 Å². The zero-order valence-electron chi connectivity index (χ0n) is 13.8. The maximum atomic E-state index is 12.7. The second-order valence-electron chi connectivity index (χ2n) is 5.76. The molecule has 0 fully saturated rings. The minimum absolute atomic E-state index is 0.190. The molecule has 0 aliphatic carbocycles. The standard InChI is InChI=1S/C18H29NO2/c1-5-15(6-2)12-18(13-19,17(20)21-7-3)16-10-8-9-14(4)11-16/h8-11,15H,5-7,12-13,19H2,1-4H3. The van der Waals surface area contributed by atoms with Gasteiger partial charge in [0.05, 0.1) is 6.61 Å². The number of carbonyl (C=O) groups excluding carboxylic acids is 1. The summed E-state index contributed by atoms with van der Waals surface area (Å²) >= 11 is 0. The fourth-order valence-electron chi connectivity index (χ4n) is 2.89. The van der Waals surface area contributed by atoms with E-state index in [0.29, 0.717) is 12.5 Å². The topological polar surface area (TPSA) is 52.3 Å². The zero-order valence-corrected chi connectivity index (χ0v) is 13.8. The predicted molar refractivity (Wildman–Crippen MR) is 87.2 cm³/mol. The first-order chi connectivity index (χ1) is 10.0. The smallest absolute Gasteiger partial charge is 0.317 e. The summed E-state index contributed by atoms with van der Waals surface area (Å²) in [7, 11) is 0. The Kier molecular flexibility index (Phi) is 6.90. The fraction of sp³-hybridized carbons (Fsp3) is 0.611. The number of hydrogen-bond acceptors (Lipinski definition) is 3. The van der Waals surface area contributed by atoms with Crippen LogP contribution < -0.4 is 5.73 Å². The molecule has 1 aromatic carbocycles. The Balaban J connectivity index is 3.28. The van der Waals surface area contributed by atoms with Crippen LogP contribution in [0.25, 0.3) is 0 Å². The molecule has 0 saturated heterocycles. The maximum Gasteiger partial charge on any atom is 0.317 e. The van der Waals surface area contributed by atoms with E-state index >= 15 is 0 Å². The van der Waals surface area contributed by atoms with Crippen molar-refractivity contribution < 1.29 is 9.53 Å². The molecular weight excluding hydrogens is 262 g/mol. The predicted octanol–water partition coefficient (Wildman–Crippen LogP) is 3.58. The van der Waals surface area contributed by atoms with Crippen molar-refractivity contribution in [3.8, 4) is 0 Å². The molecule has 118 valence electrons. The van der Waals surface area contributed by atoms with Gasteiger partial charge in [0.15, 0.2) is 0 Å². The van der Waals surface area contributed by atoms with Crippen LogP contribution in [0.2, 0.25) is 0 Å². The van der Waals surface area contributed by atoms with Gasteiger partial charge in [0.2, 0.25) is 0 Å². The Bertz CT molecular complexity index is 454. The highest BCUT2D eigenvalue weighted by atomic mass is 16.5. The first kappa shape index (κ1) is 17.7. The number of nitrogens with two attached hydrogens (primary N) is 1. The molecule has 0 spiro atoms. The summed E-state index contributed by atoms with van der Waals surface area (Å²) in [6, 6.07) is 8.08. The molecule has 0 aliphatic heterocycles. The van der Waals surface area contributed by atoms with Crippen LogP contribution >= 0.6 is 0 Å². The van der Waals surface area contributed by atoms with E-state index in [2.05, 4.69) is 19.9 Å². The number of hydrogen-bond donors (Lipinski definition) is 1. The summed E-state index contributed by atoms with van der Waals surface area (Å²) < 4.78 is 5.36. The van der Waals surface area contributed by atoms with E-state index in [0.717, 1.165) is 30.4 Å². The van der Waals surface area contributed by atoms with Gasteiger partial charge in [-0.3, -0.25) is 4.79 Å². The highest BCUT2D eigenvalue weighted by molar-refractivity contribution is 5.83. The lowest BCUT2D eigenvalue weighted by Gasteiger charge is -2.34. The van der Waals surface area contributed by atoms with E-state index in [1.54, 1.807) is 0 Å². The van der Waals surface area contributed by atoms with Crippen LogP contribution in [-0.2, 0) is 14.9 Å². The second kappa shape index (κ2) is 8.18. The van der Waals surface area contributed by atoms with Crippen LogP contribution in [-0.4, -0.2) is 19.1 Å². The minimum Gasteiger partial charge on any atom is -0.465 e. The Labute approximate surface area is 128 Å². The zero-order chi connectivity index (χ0) is 15.9. The Morgan fingerprint density at radius 2 is 1.95 bits per heavy atom. The van der Waals surface area contributed by atoms with Gasteiger partial charge in [-0.2, -0.15) is 0 Å². The number of esters is 1. The average molecular weight is 291 g/mol. The molecule has 0 saturated carbocycles. The van der Waals surface area contributed by atoms with Crippen molar-refractivity contribution in [2.75, 3.05) is 13.2 Å². The van der Waals surface area contributed by atoms with Gasteiger partial charge in [0, 0.05) is 6.54 Å². The van der Waals surface area contributed by atoms with Crippen LogP contribution in [0.15, 0.2) is 24.3 Å². The first-order valence-corrected chi connectivity index (χ1v) is 7.98. The highest BCUT2D eigenvalue weighted by Gasteiger charge is 2.41. The van der Waals surface area contributed by atoms with Crippen LogP contribution in [0.4, 0.5) is 0 Å². The van der Waals surface area contributed by atoms with Crippen molar-refractivity contribution in [1.29, 1.82) is 0 Å². The molecule has 3 nitrogen and oxygen atoms in total. The first-order valence-electron chi connectivity index (χ1n) is 7.98. The number of ether oxygens (including phenoxy) is 1. The fourth-order valence-corrected chi connectivity index (χ4v) is 2.89. The van der Waals surface area contributed by atoms with Crippen molar-refractivity contribution >= 4 is 5.97 Å². The Morgan fingerprint density at radius 3 is 2.43 bits per heavy atom. The van der Waals surface area contributed by atoms with Crippen molar-refractivity contribution in [3.63, 3.8) is 0 Å². The molecule has 0 aromatic heterocycles. The molecule has 0 bridgehead atoms. The number of rotatable bonds is 8. The average Bonchev–Trinajstić information content (AvgIpc) is 2.49. The van der Waals surface area contributed by atoms with Crippen molar-refractivity contribution in [3.05, 3.63) is 35.4 Å². The molecule has 0 amide bonds. The van der Waals surface area contributed by atoms with E-state index in [9.17, 15) is 4.79 Å². The van der Waals surface area contributed by atoms with E-state index < -0.39 is 5.41 Å². The Hall–Kier alpha value is -1.35. The maximum absolute atomic E-state index is 12.7. The normalized spacial score (nSPS) is 14.0. The molecular formula is C18H29NO2. The molecule has 0 radical (unpaired) electrons.